The van der Waals surface area contributed by atoms with Crippen molar-refractivity contribution in [1.29, 1.82) is 0 Å². The van der Waals surface area contributed by atoms with Gasteiger partial charge in [-0.1, -0.05) is 6.42 Å². The zero-order chi connectivity index (χ0) is 14.0. The molecule has 2 rings (SSSR count). The van der Waals surface area contributed by atoms with Crippen molar-refractivity contribution in [1.82, 2.24) is 5.32 Å². The summed E-state index contributed by atoms with van der Waals surface area (Å²) in [7, 11) is 0. The van der Waals surface area contributed by atoms with Gasteiger partial charge in [0.25, 0.3) is 5.91 Å². The smallest absolute Gasteiger partial charge is 0.349 e. The average Bonchev–Trinajstić information content (AvgIpc) is 2.75. The highest BCUT2D eigenvalue weighted by Crippen LogP contribution is 2.37. The van der Waals surface area contributed by atoms with Crippen LogP contribution in [-0.4, -0.2) is 18.1 Å². The lowest BCUT2D eigenvalue weighted by atomic mass is 9.85. The van der Waals surface area contributed by atoms with E-state index in [1.54, 1.807) is 11.4 Å². The van der Waals surface area contributed by atoms with Gasteiger partial charge in [-0.2, -0.15) is 13.2 Å². The van der Waals surface area contributed by atoms with E-state index in [1.807, 2.05) is 0 Å². The summed E-state index contributed by atoms with van der Waals surface area (Å²) < 4.78 is 38.8. The van der Waals surface area contributed by atoms with Crippen LogP contribution in [-0.2, 0) is 0 Å². The van der Waals surface area contributed by atoms with Crippen LogP contribution in [0.15, 0.2) is 15.2 Å². The lowest BCUT2D eigenvalue weighted by Gasteiger charge is -2.30. The molecule has 19 heavy (non-hydrogen) atoms. The van der Waals surface area contributed by atoms with E-state index >= 15 is 0 Å². The molecule has 0 aromatic carbocycles. The highest BCUT2D eigenvalue weighted by atomic mass is 79.9. The quantitative estimate of drug-likeness (QED) is 0.838. The first-order valence-electron chi connectivity index (χ1n) is 5.98. The monoisotopic (exact) mass is 355 g/mol. The van der Waals surface area contributed by atoms with Gasteiger partial charge in [-0.05, 0) is 41.3 Å². The van der Waals surface area contributed by atoms with E-state index in [-0.39, 0.29) is 24.8 Å². The van der Waals surface area contributed by atoms with Gasteiger partial charge in [0.05, 0.1) is 15.3 Å². The van der Waals surface area contributed by atoms with E-state index in [1.165, 1.54) is 11.3 Å². The number of amides is 1. The lowest BCUT2D eigenvalue weighted by Crippen LogP contribution is -2.41. The Kier molecular flexibility index (Phi) is 4.55. The molecule has 7 heteroatoms. The standard InChI is InChI=1S/C12H13BrF3NOS/c13-10-4-7(6-19-10)11(18)17-9-3-1-2-8(5-9)12(14,15)16/h4,6,8-9H,1-3,5H2,(H,17,18). The minimum Gasteiger partial charge on any atom is -0.349 e. The largest absolute Gasteiger partial charge is 0.391 e. The van der Waals surface area contributed by atoms with Crippen LogP contribution in [0.4, 0.5) is 13.2 Å². The fourth-order valence-corrected chi connectivity index (χ4v) is 3.45. The van der Waals surface area contributed by atoms with E-state index in [9.17, 15) is 18.0 Å². The van der Waals surface area contributed by atoms with Crippen molar-refractivity contribution in [2.75, 3.05) is 0 Å². The number of halogens is 4. The summed E-state index contributed by atoms with van der Waals surface area (Å²) >= 11 is 4.63. The highest BCUT2D eigenvalue weighted by molar-refractivity contribution is 9.11. The van der Waals surface area contributed by atoms with Crippen LogP contribution >= 0.6 is 27.3 Å². The van der Waals surface area contributed by atoms with E-state index in [0.29, 0.717) is 18.4 Å². The molecule has 0 aliphatic heterocycles. The first kappa shape index (κ1) is 14.8. The first-order valence-corrected chi connectivity index (χ1v) is 7.65. The van der Waals surface area contributed by atoms with Gasteiger partial charge in [-0.25, -0.2) is 0 Å². The molecule has 1 amide bonds. The molecule has 1 aliphatic rings. The molecule has 2 unspecified atom stereocenters. The summed E-state index contributed by atoms with van der Waals surface area (Å²) in [5.74, 6) is -1.59. The van der Waals surface area contributed by atoms with Gasteiger partial charge in [0.1, 0.15) is 0 Å². The SMILES string of the molecule is O=C(NC1CCCC(C(F)(F)F)C1)c1csc(Br)c1. The van der Waals surface area contributed by atoms with Crippen LogP contribution < -0.4 is 5.32 Å². The van der Waals surface area contributed by atoms with Gasteiger partial charge in [-0.15, -0.1) is 11.3 Å². The van der Waals surface area contributed by atoms with E-state index < -0.39 is 12.1 Å². The Morgan fingerprint density at radius 1 is 1.42 bits per heavy atom. The van der Waals surface area contributed by atoms with Crippen LogP contribution in [0.25, 0.3) is 0 Å². The number of alkyl halides is 3. The van der Waals surface area contributed by atoms with E-state index in [4.69, 9.17) is 0 Å². The van der Waals surface area contributed by atoms with Crippen molar-refractivity contribution < 1.29 is 18.0 Å². The minimum absolute atomic E-state index is 0.0133. The maximum atomic E-state index is 12.7. The van der Waals surface area contributed by atoms with Crippen molar-refractivity contribution in [2.45, 2.75) is 37.9 Å². The van der Waals surface area contributed by atoms with Crippen molar-refractivity contribution in [2.24, 2.45) is 5.92 Å². The normalized spacial score (nSPS) is 24.2. The molecule has 1 saturated carbocycles. The van der Waals surface area contributed by atoms with Gasteiger partial charge < -0.3 is 5.32 Å². The number of hydrogen-bond donors (Lipinski definition) is 1. The molecule has 1 N–H and O–H groups in total. The average molecular weight is 356 g/mol. The number of nitrogens with one attached hydrogen (secondary N) is 1. The Labute approximate surface area is 121 Å². The number of carbonyl (C=O) groups excluding carboxylic acids is 1. The predicted octanol–water partition coefficient (Wildman–Crippen LogP) is 4.36. The second-order valence-electron chi connectivity index (χ2n) is 4.72. The van der Waals surface area contributed by atoms with Crippen molar-refractivity contribution >= 4 is 33.2 Å². The molecule has 2 atom stereocenters. The molecule has 2 nitrogen and oxygen atoms in total. The van der Waals surface area contributed by atoms with Gasteiger partial charge in [0, 0.05) is 11.4 Å². The van der Waals surface area contributed by atoms with Gasteiger partial charge in [-0.3, -0.25) is 4.79 Å². The molecule has 0 radical (unpaired) electrons. The van der Waals surface area contributed by atoms with Crippen molar-refractivity contribution in [3.8, 4) is 0 Å². The number of carbonyl (C=O) groups is 1. The Bertz CT molecular complexity index is 460. The second-order valence-corrected chi connectivity index (χ2v) is 7.01. The Balaban J connectivity index is 1.94. The van der Waals surface area contributed by atoms with Crippen molar-refractivity contribution in [3.63, 3.8) is 0 Å². The third kappa shape index (κ3) is 3.95. The molecule has 1 fully saturated rings. The third-order valence-corrected chi connectivity index (χ3v) is 4.81. The fraction of sp³-hybridized carbons (Fsp3) is 0.583. The predicted molar refractivity (Wildman–Crippen MR) is 71.3 cm³/mol. The molecule has 1 aromatic heterocycles. The molecular weight excluding hydrogens is 343 g/mol. The molecule has 0 bridgehead atoms. The molecule has 106 valence electrons. The van der Waals surface area contributed by atoms with Gasteiger partial charge in [0.15, 0.2) is 0 Å². The summed E-state index contributed by atoms with van der Waals surface area (Å²) in [5, 5.41) is 4.38. The molecular formula is C12H13BrF3NOS. The van der Waals surface area contributed by atoms with Crippen LogP contribution in [0, 0.1) is 5.92 Å². The second kappa shape index (κ2) is 5.83. The highest BCUT2D eigenvalue weighted by Gasteiger charge is 2.42. The van der Waals surface area contributed by atoms with E-state index in [0.717, 1.165) is 3.79 Å². The fourth-order valence-electron chi connectivity index (χ4n) is 2.32. The topological polar surface area (TPSA) is 29.1 Å². The number of hydrogen-bond acceptors (Lipinski definition) is 2. The lowest BCUT2D eigenvalue weighted by molar-refractivity contribution is -0.183. The summed E-state index contributed by atoms with van der Waals surface area (Å²) in [6.07, 6.45) is -2.89. The molecule has 0 saturated heterocycles. The van der Waals surface area contributed by atoms with Gasteiger partial charge in [0.2, 0.25) is 0 Å². The summed E-state index contributed by atoms with van der Waals surface area (Å²) in [6, 6.07) is 1.29. The summed E-state index contributed by atoms with van der Waals surface area (Å²) in [5.41, 5.74) is 0.492. The van der Waals surface area contributed by atoms with E-state index in [2.05, 4.69) is 21.2 Å². The summed E-state index contributed by atoms with van der Waals surface area (Å²) in [6.45, 7) is 0. The molecule has 1 aliphatic carbocycles. The third-order valence-electron chi connectivity index (χ3n) is 3.30. The first-order chi connectivity index (χ1) is 8.86. The Hall–Kier alpha value is -0.560. The molecule has 0 spiro atoms. The van der Waals surface area contributed by atoms with Crippen molar-refractivity contribution in [3.05, 3.63) is 20.8 Å². The zero-order valence-corrected chi connectivity index (χ0v) is 12.4. The van der Waals surface area contributed by atoms with Crippen LogP contribution in [0.3, 0.4) is 0 Å². The van der Waals surface area contributed by atoms with Crippen LogP contribution in [0.5, 0.6) is 0 Å². The molecule has 1 aromatic rings. The maximum absolute atomic E-state index is 12.7. The number of thiophene rings is 1. The summed E-state index contributed by atoms with van der Waals surface area (Å²) in [4.78, 5) is 11.9. The van der Waals surface area contributed by atoms with Gasteiger partial charge >= 0.3 is 6.18 Å². The van der Waals surface area contributed by atoms with Crippen LogP contribution in [0.2, 0.25) is 0 Å². The maximum Gasteiger partial charge on any atom is 0.391 e. The Morgan fingerprint density at radius 2 is 2.16 bits per heavy atom. The minimum atomic E-state index is -4.16. The Morgan fingerprint density at radius 3 is 2.74 bits per heavy atom. The number of rotatable bonds is 2. The zero-order valence-electron chi connectivity index (χ0n) is 9.97. The van der Waals surface area contributed by atoms with Crippen LogP contribution in [0.1, 0.15) is 36.0 Å². The molecule has 1 heterocycles.